The van der Waals surface area contributed by atoms with Crippen LogP contribution in [0.1, 0.15) is 40.5 Å². The van der Waals surface area contributed by atoms with Gasteiger partial charge >= 0.3 is 6.03 Å². The molecule has 6 heteroatoms. The van der Waals surface area contributed by atoms with E-state index < -0.39 is 11.6 Å². The normalized spacial score (nSPS) is 27.5. The van der Waals surface area contributed by atoms with Crippen molar-refractivity contribution in [2.45, 2.75) is 57.2 Å². The predicted molar refractivity (Wildman–Crippen MR) is 73.7 cm³/mol. The Bertz CT molecular complexity index is 486. The molecule has 0 aromatic heterocycles. The molecule has 0 bridgehead atoms. The molecule has 3 amide bonds. The summed E-state index contributed by atoms with van der Waals surface area (Å²) in [7, 11) is 2.04. The zero-order valence-corrected chi connectivity index (χ0v) is 12.8. The molecule has 2 aliphatic rings. The van der Waals surface area contributed by atoms with Crippen LogP contribution < -0.4 is 5.32 Å². The van der Waals surface area contributed by atoms with E-state index >= 15 is 0 Å². The van der Waals surface area contributed by atoms with Crippen LogP contribution in [0.3, 0.4) is 0 Å². The van der Waals surface area contributed by atoms with Gasteiger partial charge in [0.2, 0.25) is 0 Å². The molecule has 1 spiro atoms. The first-order chi connectivity index (χ1) is 9.06. The van der Waals surface area contributed by atoms with Crippen LogP contribution >= 0.6 is 0 Å². The van der Waals surface area contributed by atoms with Gasteiger partial charge in [0.1, 0.15) is 12.1 Å². The van der Waals surface area contributed by atoms with E-state index in [1.807, 2.05) is 13.1 Å². The molecule has 6 nitrogen and oxygen atoms in total. The smallest absolute Gasteiger partial charge is 0.323 e. The molecule has 0 aliphatic carbocycles. The van der Waals surface area contributed by atoms with E-state index in [1.165, 1.54) is 0 Å². The molecule has 0 unspecified atom stereocenters. The summed E-state index contributed by atoms with van der Waals surface area (Å²) in [5.74, 6) is -0.265. The number of hydrogen-bond donors (Lipinski definition) is 1. The first-order valence-electron chi connectivity index (χ1n) is 6.81. The zero-order valence-electron chi connectivity index (χ0n) is 12.8. The second-order valence-corrected chi connectivity index (χ2v) is 7.10. The number of likely N-dealkylation sites (tertiary alicyclic amines) is 1. The van der Waals surface area contributed by atoms with E-state index in [2.05, 4.69) is 37.9 Å². The third-order valence-electron chi connectivity index (χ3n) is 4.76. The minimum absolute atomic E-state index is 0.191. The summed E-state index contributed by atoms with van der Waals surface area (Å²) in [6.45, 7) is 8.09. The highest BCUT2D eigenvalue weighted by atomic mass is 16.2. The third kappa shape index (κ3) is 1.97. The van der Waals surface area contributed by atoms with Gasteiger partial charge in [0.25, 0.3) is 5.91 Å². The molecule has 0 saturated carbocycles. The van der Waals surface area contributed by atoms with E-state index in [9.17, 15) is 9.59 Å². The van der Waals surface area contributed by atoms with Crippen LogP contribution in [-0.2, 0) is 4.79 Å². The number of nitriles is 1. The third-order valence-corrected chi connectivity index (χ3v) is 4.76. The molecule has 0 radical (unpaired) electrons. The number of rotatable bonds is 1. The van der Waals surface area contributed by atoms with Crippen LogP contribution in [0.5, 0.6) is 0 Å². The maximum Gasteiger partial charge on any atom is 0.325 e. The van der Waals surface area contributed by atoms with E-state index in [0.717, 1.165) is 4.90 Å². The molecule has 2 saturated heterocycles. The van der Waals surface area contributed by atoms with E-state index in [-0.39, 0.29) is 23.5 Å². The van der Waals surface area contributed by atoms with Crippen LogP contribution in [0.4, 0.5) is 4.79 Å². The molecular weight excluding hydrogens is 256 g/mol. The lowest BCUT2D eigenvalue weighted by molar-refractivity contribution is -0.139. The van der Waals surface area contributed by atoms with Crippen molar-refractivity contribution in [3.8, 4) is 6.07 Å². The molecule has 2 rings (SSSR count). The first-order valence-corrected chi connectivity index (χ1v) is 6.81. The van der Waals surface area contributed by atoms with E-state index in [1.54, 1.807) is 0 Å². The quantitative estimate of drug-likeness (QED) is 0.575. The van der Waals surface area contributed by atoms with Crippen molar-refractivity contribution in [2.75, 3.05) is 13.6 Å². The van der Waals surface area contributed by atoms with Gasteiger partial charge in [0.05, 0.1) is 6.07 Å². The molecule has 110 valence electrons. The first kappa shape index (κ1) is 14.8. The van der Waals surface area contributed by atoms with Gasteiger partial charge in [-0.25, -0.2) is 9.69 Å². The Morgan fingerprint density at radius 2 is 1.70 bits per heavy atom. The van der Waals surface area contributed by atoms with Crippen molar-refractivity contribution in [1.82, 2.24) is 15.1 Å². The van der Waals surface area contributed by atoms with Crippen molar-refractivity contribution in [1.29, 1.82) is 5.26 Å². The number of nitrogens with zero attached hydrogens (tertiary/aromatic N) is 3. The van der Waals surface area contributed by atoms with Crippen LogP contribution in [0.25, 0.3) is 0 Å². The van der Waals surface area contributed by atoms with Crippen LogP contribution in [0, 0.1) is 11.3 Å². The van der Waals surface area contributed by atoms with Crippen molar-refractivity contribution in [2.24, 2.45) is 0 Å². The van der Waals surface area contributed by atoms with Crippen molar-refractivity contribution in [3.63, 3.8) is 0 Å². The summed E-state index contributed by atoms with van der Waals surface area (Å²) in [6.07, 6.45) is 1.10. The molecule has 0 aromatic carbocycles. The SMILES string of the molecule is CN1C(C)(C)CC2(CC1(C)C)NC(=O)N(CC#N)C2=O. The Labute approximate surface area is 119 Å². The van der Waals surface area contributed by atoms with Gasteiger partial charge in [-0.1, -0.05) is 0 Å². The highest BCUT2D eigenvalue weighted by Gasteiger charge is 2.60. The second kappa shape index (κ2) is 4.19. The number of hydrogen-bond acceptors (Lipinski definition) is 4. The molecular formula is C14H22N4O2. The number of piperidine rings is 1. The van der Waals surface area contributed by atoms with Gasteiger partial charge in [-0.05, 0) is 47.6 Å². The average molecular weight is 278 g/mol. The summed E-state index contributed by atoms with van der Waals surface area (Å²) in [5, 5.41) is 11.6. The summed E-state index contributed by atoms with van der Waals surface area (Å²) in [4.78, 5) is 27.9. The topological polar surface area (TPSA) is 76.4 Å². The van der Waals surface area contributed by atoms with Crippen molar-refractivity contribution in [3.05, 3.63) is 0 Å². The second-order valence-electron chi connectivity index (χ2n) is 7.10. The Morgan fingerprint density at radius 1 is 1.20 bits per heavy atom. The van der Waals surface area contributed by atoms with E-state index in [4.69, 9.17) is 5.26 Å². The number of carbonyl (C=O) groups excluding carboxylic acids is 2. The summed E-state index contributed by atoms with van der Waals surface area (Å²) >= 11 is 0. The number of amides is 3. The Kier molecular flexibility index (Phi) is 3.10. The summed E-state index contributed by atoms with van der Waals surface area (Å²) < 4.78 is 0. The van der Waals surface area contributed by atoms with Gasteiger partial charge in [0.15, 0.2) is 0 Å². The molecule has 2 heterocycles. The Morgan fingerprint density at radius 3 is 2.15 bits per heavy atom. The summed E-state index contributed by atoms with van der Waals surface area (Å²) in [5.41, 5.74) is -1.31. The lowest BCUT2D eigenvalue weighted by atomic mass is 9.69. The molecule has 2 aliphatic heterocycles. The largest absolute Gasteiger partial charge is 0.325 e. The van der Waals surface area contributed by atoms with Crippen LogP contribution in [0.15, 0.2) is 0 Å². The van der Waals surface area contributed by atoms with Crippen molar-refractivity contribution < 1.29 is 9.59 Å². The molecule has 0 aromatic rings. The van der Waals surface area contributed by atoms with Gasteiger partial charge in [-0.2, -0.15) is 5.26 Å². The average Bonchev–Trinajstić information content (AvgIpc) is 2.50. The highest BCUT2D eigenvalue weighted by molar-refractivity contribution is 6.07. The standard InChI is InChI=1S/C14H22N4O2/c1-12(2)8-14(9-13(3,4)17(12)5)10(19)18(7-6-15)11(20)16-14/h7-9H2,1-5H3,(H,16,20). The lowest BCUT2D eigenvalue weighted by Gasteiger charge is -2.56. The molecule has 0 atom stereocenters. The number of carbonyl (C=O) groups is 2. The van der Waals surface area contributed by atoms with Crippen molar-refractivity contribution >= 4 is 11.9 Å². The lowest BCUT2D eigenvalue weighted by Crippen LogP contribution is -2.68. The number of urea groups is 1. The minimum Gasteiger partial charge on any atom is -0.323 e. The fraction of sp³-hybridized carbons (Fsp3) is 0.786. The Balaban J connectivity index is 2.40. The minimum atomic E-state index is -0.882. The van der Waals surface area contributed by atoms with Gasteiger partial charge in [0, 0.05) is 11.1 Å². The number of imide groups is 1. The van der Waals surface area contributed by atoms with Crippen LogP contribution in [-0.4, -0.2) is 51.9 Å². The van der Waals surface area contributed by atoms with Gasteiger partial charge in [-0.15, -0.1) is 0 Å². The molecule has 20 heavy (non-hydrogen) atoms. The highest BCUT2D eigenvalue weighted by Crippen LogP contribution is 2.44. The summed E-state index contributed by atoms with van der Waals surface area (Å²) in [6, 6.07) is 1.43. The Hall–Kier alpha value is -1.61. The monoisotopic (exact) mass is 278 g/mol. The maximum atomic E-state index is 12.6. The van der Waals surface area contributed by atoms with E-state index in [0.29, 0.717) is 12.8 Å². The fourth-order valence-corrected chi connectivity index (χ4v) is 3.73. The van der Waals surface area contributed by atoms with Gasteiger partial charge < -0.3 is 5.32 Å². The number of nitrogens with one attached hydrogen (secondary N) is 1. The van der Waals surface area contributed by atoms with Gasteiger partial charge in [-0.3, -0.25) is 9.69 Å². The molecule has 1 N–H and O–H groups in total. The maximum absolute atomic E-state index is 12.6. The fourth-order valence-electron chi connectivity index (χ4n) is 3.73. The molecule has 2 fully saturated rings. The van der Waals surface area contributed by atoms with Crippen LogP contribution in [0.2, 0.25) is 0 Å². The zero-order chi connectivity index (χ0) is 15.3. The predicted octanol–water partition coefficient (Wildman–Crippen LogP) is 1.08.